The summed E-state index contributed by atoms with van der Waals surface area (Å²) in [6.07, 6.45) is 0. The fourth-order valence-corrected chi connectivity index (χ4v) is 1.89. The number of ketones is 1. The number of Topliss-reactive ketones (excluding diaryl/α,β-unsaturated/α-hetero) is 1. The second kappa shape index (κ2) is 6.67. The molecule has 0 heterocycles. The van der Waals surface area contributed by atoms with Gasteiger partial charge in [-0.2, -0.15) is 0 Å². The van der Waals surface area contributed by atoms with E-state index in [1.165, 1.54) is 25.1 Å². The highest BCUT2D eigenvalue weighted by Gasteiger charge is 2.21. The molecule has 0 bridgehead atoms. The molecular weight excluding hydrogens is 280 g/mol. The second-order valence-corrected chi connectivity index (χ2v) is 4.89. The van der Waals surface area contributed by atoms with Crippen molar-refractivity contribution in [3.05, 3.63) is 65.7 Å². The highest BCUT2D eigenvalue weighted by molar-refractivity contribution is 6.44. The molecule has 5 nitrogen and oxygen atoms in total. The molecule has 22 heavy (non-hydrogen) atoms. The van der Waals surface area contributed by atoms with Crippen LogP contribution in [0.2, 0.25) is 0 Å². The van der Waals surface area contributed by atoms with Crippen LogP contribution in [-0.2, 0) is 4.79 Å². The minimum atomic E-state index is -0.658. The van der Waals surface area contributed by atoms with Crippen LogP contribution in [0.4, 0.5) is 5.69 Å². The van der Waals surface area contributed by atoms with Crippen molar-refractivity contribution in [1.82, 2.24) is 4.90 Å². The van der Waals surface area contributed by atoms with Gasteiger partial charge in [0.25, 0.3) is 17.6 Å². The minimum Gasteiger partial charge on any atom is -0.342 e. The van der Waals surface area contributed by atoms with Gasteiger partial charge < -0.3 is 10.2 Å². The molecule has 2 rings (SSSR count). The third kappa shape index (κ3) is 3.38. The van der Waals surface area contributed by atoms with Crippen LogP contribution in [0, 0.1) is 0 Å². The summed E-state index contributed by atoms with van der Waals surface area (Å²) in [5.41, 5.74) is 0.964. The molecule has 0 aliphatic carbocycles. The number of nitrogens with one attached hydrogen (secondary N) is 1. The Morgan fingerprint density at radius 3 is 2.09 bits per heavy atom. The lowest BCUT2D eigenvalue weighted by atomic mass is 10.1. The number of amides is 2. The van der Waals surface area contributed by atoms with Crippen LogP contribution in [0.5, 0.6) is 0 Å². The van der Waals surface area contributed by atoms with Gasteiger partial charge in [0.05, 0.1) is 11.3 Å². The summed E-state index contributed by atoms with van der Waals surface area (Å²) in [7, 11) is 3.01. The maximum absolute atomic E-state index is 12.2. The van der Waals surface area contributed by atoms with Gasteiger partial charge in [-0.1, -0.05) is 30.3 Å². The largest absolute Gasteiger partial charge is 0.342 e. The molecule has 0 saturated carbocycles. The van der Waals surface area contributed by atoms with E-state index in [0.717, 1.165) is 0 Å². The maximum atomic E-state index is 12.2. The second-order valence-electron chi connectivity index (χ2n) is 4.89. The maximum Gasteiger partial charge on any atom is 0.294 e. The first-order chi connectivity index (χ1) is 10.5. The summed E-state index contributed by atoms with van der Waals surface area (Å²) < 4.78 is 0. The molecule has 1 N–H and O–H groups in total. The van der Waals surface area contributed by atoms with E-state index in [1.807, 2.05) is 6.07 Å². The standard InChI is InChI=1S/C17H16N2O3/c1-19(2)17(22)15(20)13-10-6-7-11-14(13)18-16(21)12-8-4-3-5-9-12/h3-11H,1-2H3,(H,18,21). The van der Waals surface area contributed by atoms with Crippen molar-refractivity contribution >= 4 is 23.3 Å². The van der Waals surface area contributed by atoms with Gasteiger partial charge in [0, 0.05) is 19.7 Å². The molecule has 112 valence electrons. The molecule has 0 aliphatic rings. The third-order valence-corrected chi connectivity index (χ3v) is 3.06. The van der Waals surface area contributed by atoms with Crippen LogP contribution in [0.1, 0.15) is 20.7 Å². The first kappa shape index (κ1) is 15.4. The Labute approximate surface area is 128 Å². The van der Waals surface area contributed by atoms with Gasteiger partial charge >= 0.3 is 0 Å². The Morgan fingerprint density at radius 2 is 1.45 bits per heavy atom. The molecule has 0 aromatic heterocycles. The molecule has 0 unspecified atom stereocenters. The lowest BCUT2D eigenvalue weighted by Crippen LogP contribution is -2.30. The number of anilines is 1. The van der Waals surface area contributed by atoms with Crippen molar-refractivity contribution < 1.29 is 14.4 Å². The van der Waals surface area contributed by atoms with E-state index in [2.05, 4.69) is 5.32 Å². The number of nitrogens with zero attached hydrogens (tertiary/aromatic N) is 1. The Morgan fingerprint density at radius 1 is 0.864 bits per heavy atom. The van der Waals surface area contributed by atoms with Gasteiger partial charge in [-0.15, -0.1) is 0 Å². The van der Waals surface area contributed by atoms with Gasteiger partial charge in [-0.3, -0.25) is 14.4 Å². The third-order valence-electron chi connectivity index (χ3n) is 3.06. The molecule has 2 aromatic carbocycles. The molecule has 5 heteroatoms. The van der Waals surface area contributed by atoms with Crippen LogP contribution < -0.4 is 5.32 Å². The summed E-state index contributed by atoms with van der Waals surface area (Å²) in [6.45, 7) is 0. The van der Waals surface area contributed by atoms with E-state index in [0.29, 0.717) is 11.3 Å². The normalized spacial score (nSPS) is 9.91. The molecule has 0 radical (unpaired) electrons. The van der Waals surface area contributed by atoms with Crippen LogP contribution in [0.15, 0.2) is 54.6 Å². The Hall–Kier alpha value is -2.95. The van der Waals surface area contributed by atoms with Gasteiger partial charge in [0.15, 0.2) is 0 Å². The molecule has 2 amide bonds. The van der Waals surface area contributed by atoms with Crippen LogP contribution >= 0.6 is 0 Å². The molecule has 0 spiro atoms. The number of hydrogen-bond acceptors (Lipinski definition) is 3. The highest BCUT2D eigenvalue weighted by Crippen LogP contribution is 2.17. The van der Waals surface area contributed by atoms with Gasteiger partial charge in [0.2, 0.25) is 0 Å². The van der Waals surface area contributed by atoms with E-state index in [4.69, 9.17) is 0 Å². The lowest BCUT2D eigenvalue weighted by molar-refractivity contribution is -0.124. The Bertz CT molecular complexity index is 709. The Balaban J connectivity index is 2.28. The zero-order chi connectivity index (χ0) is 16.1. The van der Waals surface area contributed by atoms with Crippen molar-refractivity contribution in [2.24, 2.45) is 0 Å². The van der Waals surface area contributed by atoms with E-state index in [1.54, 1.807) is 42.5 Å². The summed E-state index contributed by atoms with van der Waals surface area (Å²) in [6, 6.07) is 15.1. The SMILES string of the molecule is CN(C)C(=O)C(=O)c1ccccc1NC(=O)c1ccccc1. The zero-order valence-corrected chi connectivity index (χ0v) is 12.4. The van der Waals surface area contributed by atoms with E-state index >= 15 is 0 Å². The fourth-order valence-electron chi connectivity index (χ4n) is 1.89. The van der Waals surface area contributed by atoms with Gasteiger partial charge in [-0.05, 0) is 24.3 Å². The number of carbonyl (C=O) groups excluding carboxylic acids is 3. The fraction of sp³-hybridized carbons (Fsp3) is 0.118. The van der Waals surface area contributed by atoms with Crippen LogP contribution in [0.25, 0.3) is 0 Å². The summed E-state index contributed by atoms with van der Waals surface area (Å²) >= 11 is 0. The van der Waals surface area contributed by atoms with E-state index in [9.17, 15) is 14.4 Å². The van der Waals surface area contributed by atoms with Crippen molar-refractivity contribution in [1.29, 1.82) is 0 Å². The Kier molecular flexibility index (Phi) is 4.68. The zero-order valence-electron chi connectivity index (χ0n) is 12.4. The number of carbonyl (C=O) groups is 3. The first-order valence-corrected chi connectivity index (χ1v) is 6.72. The molecule has 0 atom stereocenters. The summed E-state index contributed by atoms with van der Waals surface area (Å²) in [5.74, 6) is -1.63. The molecule has 0 aliphatic heterocycles. The van der Waals surface area contributed by atoms with Crippen LogP contribution in [0.3, 0.4) is 0 Å². The number of hydrogen-bond donors (Lipinski definition) is 1. The molecular formula is C17H16N2O3. The number of para-hydroxylation sites is 1. The number of benzene rings is 2. The average molecular weight is 296 g/mol. The van der Waals surface area contributed by atoms with Crippen LogP contribution in [-0.4, -0.2) is 36.6 Å². The number of likely N-dealkylation sites (N-methyl/N-ethyl adjacent to an activating group) is 1. The van der Waals surface area contributed by atoms with Crippen molar-refractivity contribution in [2.45, 2.75) is 0 Å². The predicted molar refractivity (Wildman–Crippen MR) is 83.9 cm³/mol. The van der Waals surface area contributed by atoms with Crippen molar-refractivity contribution in [3.63, 3.8) is 0 Å². The molecule has 2 aromatic rings. The van der Waals surface area contributed by atoms with Gasteiger partial charge in [0.1, 0.15) is 0 Å². The van der Waals surface area contributed by atoms with E-state index in [-0.39, 0.29) is 11.5 Å². The summed E-state index contributed by atoms with van der Waals surface area (Å²) in [4.78, 5) is 37.4. The topological polar surface area (TPSA) is 66.5 Å². The minimum absolute atomic E-state index is 0.172. The van der Waals surface area contributed by atoms with Crippen molar-refractivity contribution in [3.8, 4) is 0 Å². The number of rotatable bonds is 4. The quantitative estimate of drug-likeness (QED) is 0.695. The summed E-state index contributed by atoms with van der Waals surface area (Å²) in [5, 5.41) is 2.67. The first-order valence-electron chi connectivity index (χ1n) is 6.72. The van der Waals surface area contributed by atoms with Gasteiger partial charge in [-0.25, -0.2) is 0 Å². The van der Waals surface area contributed by atoms with E-state index < -0.39 is 11.7 Å². The average Bonchev–Trinajstić information content (AvgIpc) is 2.54. The van der Waals surface area contributed by atoms with Crippen molar-refractivity contribution in [2.75, 3.05) is 19.4 Å². The smallest absolute Gasteiger partial charge is 0.294 e. The molecule has 0 fully saturated rings. The molecule has 0 saturated heterocycles. The monoisotopic (exact) mass is 296 g/mol. The predicted octanol–water partition coefficient (Wildman–Crippen LogP) is 2.21. The lowest BCUT2D eigenvalue weighted by Gasteiger charge is -2.12. The highest BCUT2D eigenvalue weighted by atomic mass is 16.2.